The van der Waals surface area contributed by atoms with Crippen LogP contribution < -0.4 is 21.1 Å². The lowest BCUT2D eigenvalue weighted by atomic mass is 10.1. The third kappa shape index (κ3) is 4.24. The van der Waals surface area contributed by atoms with E-state index in [-0.39, 0.29) is 17.5 Å². The number of carbonyl (C=O) groups excluding carboxylic acids is 3. The zero-order valence-corrected chi connectivity index (χ0v) is 20.6. The number of carboxylic acid groups (broad SMARTS) is 1. The Morgan fingerprint density at radius 3 is 2.58 bits per heavy atom. The molecular formula is C24H22BrN5O6. The van der Waals surface area contributed by atoms with Gasteiger partial charge in [-0.15, -0.1) is 0 Å². The summed E-state index contributed by atoms with van der Waals surface area (Å²) in [6, 6.07) is 7.42. The maximum absolute atomic E-state index is 13.4. The number of halogens is 1. The minimum absolute atomic E-state index is 0.0183. The first-order valence-corrected chi connectivity index (χ1v) is 11.9. The molecule has 3 aromatic rings. The molecule has 2 aromatic carbocycles. The Balaban J connectivity index is 1.39. The molecule has 2 aliphatic rings. The quantitative estimate of drug-likeness (QED) is 0.376. The minimum atomic E-state index is -1.12. The number of anilines is 2. The van der Waals surface area contributed by atoms with E-state index in [0.29, 0.717) is 38.9 Å². The summed E-state index contributed by atoms with van der Waals surface area (Å²) in [5, 5.41) is 15.4. The van der Waals surface area contributed by atoms with Gasteiger partial charge < -0.3 is 31.1 Å². The predicted molar refractivity (Wildman–Crippen MR) is 134 cm³/mol. The van der Waals surface area contributed by atoms with Crippen LogP contribution in [-0.2, 0) is 4.79 Å². The molecule has 1 saturated carbocycles. The molecule has 2 heterocycles. The number of rotatable bonds is 5. The lowest BCUT2D eigenvalue weighted by Crippen LogP contribution is -2.47. The summed E-state index contributed by atoms with van der Waals surface area (Å²) in [5.74, 6) is -0.777. The van der Waals surface area contributed by atoms with Gasteiger partial charge in [-0.2, -0.15) is 0 Å². The normalized spacial score (nSPS) is 20.1. The van der Waals surface area contributed by atoms with Crippen molar-refractivity contribution in [1.82, 2.24) is 9.47 Å². The Morgan fingerprint density at radius 2 is 1.89 bits per heavy atom. The van der Waals surface area contributed by atoms with Crippen molar-refractivity contribution < 1.29 is 29.0 Å². The van der Waals surface area contributed by atoms with Crippen LogP contribution in [0, 0.1) is 5.92 Å². The molecule has 0 bridgehead atoms. The number of primary amides is 1. The fraction of sp³-hybridized carbons (Fsp3) is 0.250. The highest BCUT2D eigenvalue weighted by atomic mass is 79.9. The predicted octanol–water partition coefficient (Wildman–Crippen LogP) is 3.67. The number of methoxy groups -OCH3 is 1. The largest absolute Gasteiger partial charge is 0.497 e. The maximum Gasteiger partial charge on any atom is 0.335 e. The zero-order valence-electron chi connectivity index (χ0n) is 19.0. The third-order valence-electron chi connectivity index (χ3n) is 6.54. The molecular weight excluding hydrogens is 534 g/mol. The van der Waals surface area contributed by atoms with Crippen molar-refractivity contribution in [3.8, 4) is 5.75 Å². The molecule has 1 saturated heterocycles. The number of ether oxygens (including phenoxy) is 1. The van der Waals surface area contributed by atoms with Gasteiger partial charge in [-0.25, -0.2) is 14.4 Å². The highest BCUT2D eigenvalue weighted by molar-refractivity contribution is 9.10. The van der Waals surface area contributed by atoms with E-state index >= 15 is 0 Å². The van der Waals surface area contributed by atoms with Crippen LogP contribution in [0.4, 0.5) is 21.0 Å². The van der Waals surface area contributed by atoms with Crippen LogP contribution in [0.5, 0.6) is 5.75 Å². The fourth-order valence-corrected chi connectivity index (χ4v) is 5.28. The molecule has 1 aliphatic carbocycles. The Labute approximate surface area is 213 Å². The van der Waals surface area contributed by atoms with Crippen molar-refractivity contribution in [1.29, 1.82) is 0 Å². The SMILES string of the molecule is COc1ccc2c(c1)c(NC(=O)N1[C@@H]3C[C@@H]3C[C@H]1C(=O)Nc1cc(Br)cc(C(=O)O)c1)cn2C(N)=O. The molecule has 1 aromatic heterocycles. The average Bonchev–Trinajstić information content (AvgIpc) is 3.34. The summed E-state index contributed by atoms with van der Waals surface area (Å²) < 4.78 is 7.00. The van der Waals surface area contributed by atoms with E-state index in [0.717, 1.165) is 6.42 Å². The first-order chi connectivity index (χ1) is 17.2. The second-order valence-corrected chi connectivity index (χ2v) is 9.72. The Kier molecular flexibility index (Phi) is 5.83. The molecule has 0 radical (unpaired) electrons. The van der Waals surface area contributed by atoms with Gasteiger partial charge in [0, 0.05) is 27.8 Å². The standard InChI is InChI=1S/C24H22BrN5O6/c1-36-15-2-3-18-16(9-15)17(10-29(18)23(26)34)28-24(35)30-19-6-11(19)7-20(30)21(31)27-14-5-12(22(32)33)4-13(25)8-14/h2-5,8-11,19-20H,6-7H2,1H3,(H2,26,34)(H,27,31)(H,28,35)(H,32,33)/t11-,19-,20+/m1/s1. The van der Waals surface area contributed by atoms with Crippen molar-refractivity contribution in [2.45, 2.75) is 24.9 Å². The van der Waals surface area contributed by atoms with Gasteiger partial charge in [-0.1, -0.05) is 15.9 Å². The first kappa shape index (κ1) is 23.7. The Bertz CT molecular complexity index is 1440. The molecule has 5 N–H and O–H groups in total. The van der Waals surface area contributed by atoms with E-state index in [1.165, 1.54) is 34.9 Å². The fourth-order valence-electron chi connectivity index (χ4n) is 4.79. The molecule has 36 heavy (non-hydrogen) atoms. The number of aromatic carboxylic acids is 1. The van der Waals surface area contributed by atoms with Crippen LogP contribution in [0.3, 0.4) is 0 Å². The molecule has 186 valence electrons. The number of amides is 4. The number of hydrogen-bond donors (Lipinski definition) is 4. The summed E-state index contributed by atoms with van der Waals surface area (Å²) in [6.45, 7) is 0. The van der Waals surface area contributed by atoms with Crippen molar-refractivity contribution in [3.05, 3.63) is 52.6 Å². The second-order valence-electron chi connectivity index (χ2n) is 8.81. The number of nitrogens with one attached hydrogen (secondary N) is 2. The molecule has 4 amide bonds. The average molecular weight is 556 g/mol. The monoisotopic (exact) mass is 555 g/mol. The van der Waals surface area contributed by atoms with E-state index < -0.39 is 30.0 Å². The number of likely N-dealkylation sites (tertiary alicyclic amines) is 1. The van der Waals surface area contributed by atoms with Crippen LogP contribution in [0.2, 0.25) is 0 Å². The number of aromatic nitrogens is 1. The number of nitrogens with zero attached hydrogens (tertiary/aromatic N) is 2. The van der Waals surface area contributed by atoms with Gasteiger partial charge in [0.05, 0.1) is 23.9 Å². The molecule has 0 unspecified atom stereocenters. The Hall–Kier alpha value is -4.06. The number of nitrogens with two attached hydrogens (primary N) is 1. The van der Waals surface area contributed by atoms with Gasteiger partial charge in [0.2, 0.25) is 5.91 Å². The summed E-state index contributed by atoms with van der Waals surface area (Å²) >= 11 is 3.25. The number of piperidine rings is 1. The van der Waals surface area contributed by atoms with Gasteiger partial charge in [0.25, 0.3) is 0 Å². The zero-order chi connectivity index (χ0) is 25.7. The second kappa shape index (κ2) is 8.86. The Morgan fingerprint density at radius 1 is 1.11 bits per heavy atom. The highest BCUT2D eigenvalue weighted by Crippen LogP contribution is 2.48. The van der Waals surface area contributed by atoms with E-state index in [9.17, 15) is 24.3 Å². The lowest BCUT2D eigenvalue weighted by Gasteiger charge is -2.27. The van der Waals surface area contributed by atoms with Crippen LogP contribution in [0.15, 0.2) is 47.1 Å². The summed E-state index contributed by atoms with van der Waals surface area (Å²) in [4.78, 5) is 51.3. The molecule has 11 nitrogen and oxygen atoms in total. The molecule has 5 rings (SSSR count). The van der Waals surface area contributed by atoms with Crippen LogP contribution >= 0.6 is 15.9 Å². The number of benzene rings is 2. The van der Waals surface area contributed by atoms with E-state index in [2.05, 4.69) is 26.6 Å². The molecule has 1 aliphatic heterocycles. The van der Waals surface area contributed by atoms with Crippen LogP contribution in [0.25, 0.3) is 10.9 Å². The first-order valence-electron chi connectivity index (χ1n) is 11.1. The molecule has 2 fully saturated rings. The number of urea groups is 1. The van der Waals surface area contributed by atoms with E-state index in [4.69, 9.17) is 10.5 Å². The topological polar surface area (TPSA) is 156 Å². The van der Waals surface area contributed by atoms with Crippen molar-refractivity contribution in [2.75, 3.05) is 17.7 Å². The summed E-state index contributed by atoms with van der Waals surface area (Å²) in [5.41, 5.74) is 6.68. The number of hydrogen-bond acceptors (Lipinski definition) is 5. The van der Waals surface area contributed by atoms with E-state index in [1.807, 2.05) is 0 Å². The van der Waals surface area contributed by atoms with Gasteiger partial charge in [-0.05, 0) is 55.2 Å². The molecule has 12 heteroatoms. The van der Waals surface area contributed by atoms with Crippen LogP contribution in [0.1, 0.15) is 23.2 Å². The highest BCUT2D eigenvalue weighted by Gasteiger charge is 2.56. The minimum Gasteiger partial charge on any atom is -0.497 e. The van der Waals surface area contributed by atoms with E-state index in [1.54, 1.807) is 24.3 Å². The molecule has 3 atom stereocenters. The molecule has 0 spiro atoms. The smallest absolute Gasteiger partial charge is 0.335 e. The van der Waals surface area contributed by atoms with Crippen molar-refractivity contribution in [2.24, 2.45) is 11.7 Å². The lowest BCUT2D eigenvalue weighted by molar-refractivity contribution is -0.120. The number of carboxylic acids is 1. The van der Waals surface area contributed by atoms with Gasteiger partial charge in [0.1, 0.15) is 11.8 Å². The summed E-state index contributed by atoms with van der Waals surface area (Å²) in [6.07, 6.45) is 2.74. The number of fused-ring (bicyclic) bond motifs is 2. The third-order valence-corrected chi connectivity index (χ3v) is 7.00. The van der Waals surface area contributed by atoms with Crippen molar-refractivity contribution in [3.63, 3.8) is 0 Å². The van der Waals surface area contributed by atoms with Gasteiger partial charge in [0.15, 0.2) is 0 Å². The summed E-state index contributed by atoms with van der Waals surface area (Å²) in [7, 11) is 1.51. The van der Waals surface area contributed by atoms with Gasteiger partial charge >= 0.3 is 18.0 Å². The van der Waals surface area contributed by atoms with Gasteiger partial charge in [-0.3, -0.25) is 9.36 Å². The maximum atomic E-state index is 13.4. The van der Waals surface area contributed by atoms with Crippen molar-refractivity contribution >= 4 is 62.1 Å². The van der Waals surface area contributed by atoms with Crippen LogP contribution in [-0.4, -0.2) is 57.7 Å². The number of carbonyl (C=O) groups is 4.